The van der Waals surface area contributed by atoms with Crippen molar-refractivity contribution >= 4 is 37.2 Å². The summed E-state index contributed by atoms with van der Waals surface area (Å²) in [5.74, 6) is 0. The van der Waals surface area contributed by atoms with Gasteiger partial charge in [0.25, 0.3) is 0 Å². The molecule has 0 aliphatic carbocycles. The van der Waals surface area contributed by atoms with Gasteiger partial charge in [0.15, 0.2) is 0 Å². The Labute approximate surface area is 166 Å². The molecule has 0 amide bonds. The maximum atomic E-state index is 6.00. The van der Waals surface area contributed by atoms with Crippen molar-refractivity contribution in [2.75, 3.05) is 60.6 Å². The molecule has 0 unspecified atom stereocenters. The van der Waals surface area contributed by atoms with E-state index in [0.29, 0.717) is 0 Å². The summed E-state index contributed by atoms with van der Waals surface area (Å²) < 4.78 is 20.3. The summed E-state index contributed by atoms with van der Waals surface area (Å²) in [6, 6.07) is 0. The van der Waals surface area contributed by atoms with E-state index in [-0.39, 0.29) is 37.2 Å². The molecule has 0 saturated carbocycles. The molecule has 0 atom stereocenters. The average molecular weight is 451 g/mol. The minimum Gasteiger partial charge on any atom is -0.147 e. The zero-order valence-corrected chi connectivity index (χ0v) is 19.8. The number of hydrogen-bond acceptors (Lipinski definition) is 6. The van der Waals surface area contributed by atoms with Crippen LogP contribution in [0.4, 0.5) is 0 Å². The van der Waals surface area contributed by atoms with E-state index in [1.165, 1.54) is 6.42 Å². The second-order valence-corrected chi connectivity index (χ2v) is 18.2. The summed E-state index contributed by atoms with van der Waals surface area (Å²) >= 11 is -4.53. The fraction of sp³-hybridized carbons (Fsp3) is 1.00. The van der Waals surface area contributed by atoms with E-state index in [0.717, 1.165) is 52.1 Å². The van der Waals surface area contributed by atoms with Gasteiger partial charge in [-0.2, -0.15) is 0 Å². The molecule has 2 N–H and O–H groups in total. The third kappa shape index (κ3) is 7.16. The Morgan fingerprint density at radius 1 is 0.667 bits per heavy atom. The third-order valence-electron chi connectivity index (χ3n) is 5.29. The Bertz CT molecular complexity index is 319. The molecule has 0 spiro atoms. The number of halogens is 3. The van der Waals surface area contributed by atoms with Crippen LogP contribution in [0.5, 0.6) is 0 Å². The molecule has 0 radical (unpaired) electrons. The molecule has 1 aliphatic heterocycles. The predicted molar refractivity (Wildman–Crippen MR) is 106 cm³/mol. The minimum absolute atomic E-state index is 0. The zero-order chi connectivity index (χ0) is 15.9. The molecule has 0 aromatic rings. The van der Waals surface area contributed by atoms with Crippen molar-refractivity contribution in [2.45, 2.75) is 29.7 Å². The van der Waals surface area contributed by atoms with E-state index in [1.807, 2.05) is 10.5 Å². The standard InChI is InChI=1S/C9H20N3.3CH3O.2CH3.3ClH.Ti/c1-4-10-6-2-8-12-9-3-7-11-5-1;3*1-2;;;;;;/h10-11H,1-9H2;3*1H3;2*1H3;3*1H;/q4*-1;;;;;;+4. The number of hydrogen-bond donors (Lipinski definition) is 2. The van der Waals surface area contributed by atoms with Gasteiger partial charge in [-0.15, -0.1) is 37.2 Å². The van der Waals surface area contributed by atoms with Gasteiger partial charge in [-0.1, -0.05) is 0 Å². The van der Waals surface area contributed by atoms with Gasteiger partial charge in [0.1, 0.15) is 0 Å². The predicted octanol–water partition coefficient (Wildman–Crippen LogP) is 2.84. The molecule has 1 aliphatic rings. The Kier molecular flexibility index (Phi) is 15.0. The molecule has 152 valence electrons. The minimum atomic E-state index is -4.53. The summed E-state index contributed by atoms with van der Waals surface area (Å²) in [5, 5.41) is 11.1. The Morgan fingerprint density at radius 2 is 1.00 bits per heavy atom. The van der Waals surface area contributed by atoms with Crippen molar-refractivity contribution in [1.29, 1.82) is 0 Å². The van der Waals surface area contributed by atoms with Crippen molar-refractivity contribution in [3.8, 4) is 0 Å². The van der Waals surface area contributed by atoms with Gasteiger partial charge < -0.3 is 0 Å². The van der Waals surface area contributed by atoms with Crippen LogP contribution >= 0.6 is 37.2 Å². The van der Waals surface area contributed by atoms with Crippen LogP contribution in [-0.2, 0) is 25.4 Å². The number of nitrogens with one attached hydrogen (secondary N) is 2. The van der Waals surface area contributed by atoms with Gasteiger partial charge in [0, 0.05) is 0 Å². The van der Waals surface area contributed by atoms with E-state index < -0.39 is 15.4 Å². The van der Waals surface area contributed by atoms with Crippen molar-refractivity contribution in [3.63, 3.8) is 0 Å². The number of rotatable bonds is 4. The maximum absolute atomic E-state index is 6.00. The van der Waals surface area contributed by atoms with Crippen LogP contribution in [0.2, 0.25) is 10.5 Å². The summed E-state index contributed by atoms with van der Waals surface area (Å²) in [7, 11) is 5.14. The quantitative estimate of drug-likeness (QED) is 0.643. The molecule has 0 bridgehead atoms. The van der Waals surface area contributed by atoms with E-state index in [2.05, 4.69) is 14.0 Å². The fourth-order valence-corrected chi connectivity index (χ4v) is 7.58. The molecule has 1 heterocycles. The molecule has 24 heavy (non-hydrogen) atoms. The average Bonchev–Trinajstić information content (AvgIpc) is 2.49. The van der Waals surface area contributed by atoms with Gasteiger partial charge in [-0.3, -0.25) is 0 Å². The largest absolute Gasteiger partial charge is 0.147 e. The van der Waals surface area contributed by atoms with Crippen LogP contribution < -0.4 is 10.6 Å². The van der Waals surface area contributed by atoms with Gasteiger partial charge in [0.2, 0.25) is 0 Å². The van der Waals surface area contributed by atoms with E-state index in [9.17, 15) is 0 Å². The third-order valence-corrected chi connectivity index (χ3v) is 15.4. The molecular weight excluding hydrogens is 412 g/mol. The van der Waals surface area contributed by atoms with Gasteiger partial charge in [0.05, 0.1) is 0 Å². The molecule has 0 aromatic heterocycles. The Hall–Kier alpha value is 1.34. The van der Waals surface area contributed by atoms with Crippen molar-refractivity contribution in [2.24, 2.45) is 0 Å². The molecular formula is C14H38Cl3N3O3Ti. The van der Waals surface area contributed by atoms with Crippen molar-refractivity contribution in [3.05, 3.63) is 0 Å². The summed E-state index contributed by atoms with van der Waals surface area (Å²) in [5.41, 5.74) is 0. The van der Waals surface area contributed by atoms with Gasteiger partial charge in [-0.25, -0.2) is 0 Å². The number of nitrogens with zero attached hydrogens (tertiary/aromatic N) is 1. The van der Waals surface area contributed by atoms with Crippen LogP contribution in [-0.4, -0.2) is 64.0 Å². The molecule has 0 aromatic carbocycles. The molecule has 1 fully saturated rings. The smallest absolute Gasteiger partial charge is 0.147 e. The maximum Gasteiger partial charge on any atom is -0.147 e. The van der Waals surface area contributed by atoms with Crippen LogP contribution in [0.15, 0.2) is 0 Å². The summed E-state index contributed by atoms with van der Waals surface area (Å²) in [6.07, 6.45) is 3.31. The fourth-order valence-electron chi connectivity index (χ4n) is 2.85. The van der Waals surface area contributed by atoms with Crippen LogP contribution in [0.1, 0.15) is 19.3 Å². The topological polar surface area (TPSA) is 55.0 Å². The first-order valence-corrected chi connectivity index (χ1v) is 13.8. The van der Waals surface area contributed by atoms with Crippen molar-refractivity contribution in [1.82, 2.24) is 14.0 Å². The first-order chi connectivity index (χ1) is 9.86. The van der Waals surface area contributed by atoms with Gasteiger partial charge in [-0.05, 0) is 0 Å². The first-order valence-electron chi connectivity index (χ1n) is 8.11. The van der Waals surface area contributed by atoms with Crippen LogP contribution in [0, 0.1) is 0 Å². The zero-order valence-electron chi connectivity index (χ0n) is 15.8. The Balaban J connectivity index is -0.00000147. The summed E-state index contributed by atoms with van der Waals surface area (Å²) in [6.45, 7) is 6.00. The second-order valence-electron chi connectivity index (χ2n) is 6.86. The van der Waals surface area contributed by atoms with Gasteiger partial charge >= 0.3 is 130 Å². The first kappa shape index (κ1) is 30.1. The van der Waals surface area contributed by atoms with Crippen LogP contribution in [0.25, 0.3) is 0 Å². The van der Waals surface area contributed by atoms with E-state index >= 15 is 0 Å². The molecule has 10 heteroatoms. The van der Waals surface area contributed by atoms with Crippen LogP contribution in [0.3, 0.4) is 0 Å². The van der Waals surface area contributed by atoms with E-state index in [4.69, 9.17) is 9.96 Å². The molecule has 1 saturated heterocycles. The normalized spacial score (nSPS) is 21.4. The molecule has 1 rings (SSSR count). The van der Waals surface area contributed by atoms with E-state index in [1.54, 1.807) is 21.3 Å². The Morgan fingerprint density at radius 3 is 1.33 bits per heavy atom. The molecule has 6 nitrogen and oxygen atoms in total. The SMILES string of the molecule is C[O][Ti]([CH3])([CH3])([O]C)([O]C)[N]1CCCNCCCNCCC1.Cl.Cl.Cl. The van der Waals surface area contributed by atoms with Crippen molar-refractivity contribution < 1.29 is 25.4 Å². The second kappa shape index (κ2) is 11.9. The summed E-state index contributed by atoms with van der Waals surface area (Å²) in [4.78, 5) is 0. The monoisotopic (exact) mass is 449 g/mol.